The molecule has 3 fully saturated rings. The van der Waals surface area contributed by atoms with E-state index in [1.54, 1.807) is 0 Å². The summed E-state index contributed by atoms with van der Waals surface area (Å²) < 4.78 is 0. The Morgan fingerprint density at radius 3 is 2.24 bits per heavy atom. The van der Waals surface area contributed by atoms with Crippen LogP contribution in [-0.4, -0.2) is 34.1 Å². The second kappa shape index (κ2) is 6.68. The molecule has 3 nitrogen and oxygen atoms in total. The van der Waals surface area contributed by atoms with Crippen LogP contribution in [0.15, 0.2) is 0 Å². The van der Waals surface area contributed by atoms with Crippen LogP contribution in [0.2, 0.25) is 0 Å². The first-order valence-electron chi connectivity index (χ1n) is 9.16. The average Bonchev–Trinajstić information content (AvgIpc) is 2.66. The van der Waals surface area contributed by atoms with Gasteiger partial charge in [0.15, 0.2) is 0 Å². The lowest BCUT2D eigenvalue weighted by molar-refractivity contribution is -0.138. The lowest BCUT2D eigenvalue weighted by Gasteiger charge is -2.43. The number of piperidine rings is 1. The summed E-state index contributed by atoms with van der Waals surface area (Å²) in [6, 6.07) is 2.18. The van der Waals surface area contributed by atoms with Gasteiger partial charge in [-0.15, -0.1) is 0 Å². The Balaban J connectivity index is 1.61. The van der Waals surface area contributed by atoms with Gasteiger partial charge >= 0.3 is 5.97 Å². The maximum Gasteiger partial charge on any atom is 0.303 e. The van der Waals surface area contributed by atoms with E-state index in [1.165, 1.54) is 51.4 Å². The van der Waals surface area contributed by atoms with Gasteiger partial charge in [-0.2, -0.15) is 0 Å². The first-order valence-corrected chi connectivity index (χ1v) is 9.16. The third kappa shape index (κ3) is 3.44. The normalized spacial score (nSPS) is 40.9. The summed E-state index contributed by atoms with van der Waals surface area (Å²) in [5.74, 6) is 0.788. The Labute approximate surface area is 129 Å². The summed E-state index contributed by atoms with van der Waals surface area (Å²) in [6.45, 7) is 2.34. The molecule has 0 aromatic carbocycles. The van der Waals surface area contributed by atoms with Crippen molar-refractivity contribution in [1.82, 2.24) is 4.90 Å². The zero-order chi connectivity index (χ0) is 14.8. The lowest BCUT2D eigenvalue weighted by atomic mass is 9.86. The Kier molecular flexibility index (Phi) is 4.88. The predicted molar refractivity (Wildman–Crippen MR) is 84.3 cm³/mol. The van der Waals surface area contributed by atoms with Crippen LogP contribution in [0.1, 0.15) is 77.6 Å². The number of hydrogen-bond donors (Lipinski definition) is 1. The van der Waals surface area contributed by atoms with Crippen molar-refractivity contribution in [2.75, 3.05) is 0 Å². The van der Waals surface area contributed by atoms with Crippen LogP contribution in [0, 0.1) is 11.8 Å². The Morgan fingerprint density at radius 1 is 0.952 bits per heavy atom. The molecule has 3 heteroatoms. The van der Waals surface area contributed by atoms with E-state index in [-0.39, 0.29) is 0 Å². The summed E-state index contributed by atoms with van der Waals surface area (Å²) >= 11 is 0. The highest BCUT2D eigenvalue weighted by molar-refractivity contribution is 5.67. The summed E-state index contributed by atoms with van der Waals surface area (Å²) in [6.07, 6.45) is 13.6. The molecule has 1 aliphatic carbocycles. The number of carboxylic acids is 1. The Morgan fingerprint density at radius 2 is 1.62 bits per heavy atom. The topological polar surface area (TPSA) is 40.5 Å². The van der Waals surface area contributed by atoms with Crippen LogP contribution in [0.5, 0.6) is 0 Å². The molecule has 2 bridgehead atoms. The van der Waals surface area contributed by atoms with Crippen molar-refractivity contribution >= 4 is 5.97 Å². The third-order valence-corrected chi connectivity index (χ3v) is 6.41. The van der Waals surface area contributed by atoms with Gasteiger partial charge in [0.2, 0.25) is 0 Å². The van der Waals surface area contributed by atoms with Gasteiger partial charge in [-0.05, 0) is 56.8 Å². The second-order valence-electron chi connectivity index (χ2n) is 7.70. The molecule has 21 heavy (non-hydrogen) atoms. The quantitative estimate of drug-likeness (QED) is 0.795. The highest BCUT2D eigenvalue weighted by Gasteiger charge is 2.44. The van der Waals surface area contributed by atoms with E-state index < -0.39 is 5.97 Å². The molecule has 0 radical (unpaired) electrons. The molecule has 0 aromatic rings. The number of rotatable bonds is 4. The number of aliphatic carboxylic acids is 1. The van der Waals surface area contributed by atoms with Crippen LogP contribution in [-0.2, 0) is 4.79 Å². The minimum Gasteiger partial charge on any atom is -0.481 e. The summed E-state index contributed by atoms with van der Waals surface area (Å²) in [5.41, 5.74) is 0. The number of carbonyl (C=O) groups is 1. The minimum absolute atomic E-state index is 0.392. The highest BCUT2D eigenvalue weighted by atomic mass is 16.4. The molecule has 0 amide bonds. The van der Waals surface area contributed by atoms with Gasteiger partial charge in [0.25, 0.3) is 0 Å². The SMILES string of the molecule is CCC1CCCC(N2C3CCC2CC(CC(=O)O)C3)CC1. The van der Waals surface area contributed by atoms with Gasteiger partial charge in [-0.3, -0.25) is 9.69 Å². The van der Waals surface area contributed by atoms with Gasteiger partial charge in [-0.1, -0.05) is 26.2 Å². The Hall–Kier alpha value is -0.570. The van der Waals surface area contributed by atoms with Crippen molar-refractivity contribution in [2.24, 2.45) is 11.8 Å². The number of hydrogen-bond acceptors (Lipinski definition) is 2. The Bertz CT molecular complexity index is 356. The molecule has 3 rings (SSSR count). The van der Waals surface area contributed by atoms with Crippen molar-refractivity contribution in [3.63, 3.8) is 0 Å². The van der Waals surface area contributed by atoms with E-state index in [1.807, 2.05) is 0 Å². The molecule has 4 atom stereocenters. The molecule has 4 unspecified atom stereocenters. The summed E-state index contributed by atoms with van der Waals surface area (Å²) in [4.78, 5) is 13.8. The van der Waals surface area contributed by atoms with Gasteiger partial charge in [0, 0.05) is 24.5 Å². The van der Waals surface area contributed by atoms with Crippen LogP contribution in [0.4, 0.5) is 0 Å². The van der Waals surface area contributed by atoms with Crippen LogP contribution in [0.3, 0.4) is 0 Å². The molecule has 120 valence electrons. The van der Waals surface area contributed by atoms with Gasteiger partial charge in [0.1, 0.15) is 0 Å². The zero-order valence-electron chi connectivity index (χ0n) is 13.5. The van der Waals surface area contributed by atoms with E-state index in [2.05, 4.69) is 11.8 Å². The fraction of sp³-hybridized carbons (Fsp3) is 0.944. The van der Waals surface area contributed by atoms with E-state index >= 15 is 0 Å². The summed E-state index contributed by atoms with van der Waals surface area (Å²) in [5, 5.41) is 9.05. The van der Waals surface area contributed by atoms with E-state index in [4.69, 9.17) is 5.11 Å². The second-order valence-corrected chi connectivity index (χ2v) is 7.70. The zero-order valence-corrected chi connectivity index (χ0v) is 13.5. The lowest BCUT2D eigenvalue weighted by Crippen LogP contribution is -2.49. The molecular weight excluding hydrogens is 262 g/mol. The monoisotopic (exact) mass is 293 g/mol. The predicted octanol–water partition coefficient (Wildman–Crippen LogP) is 4.06. The first-order chi connectivity index (χ1) is 10.2. The molecule has 0 aromatic heterocycles. The highest BCUT2D eigenvalue weighted by Crippen LogP contribution is 2.43. The van der Waals surface area contributed by atoms with Crippen molar-refractivity contribution in [3.05, 3.63) is 0 Å². The molecule has 1 N–H and O–H groups in total. The van der Waals surface area contributed by atoms with Crippen molar-refractivity contribution in [2.45, 2.75) is 95.7 Å². The molecule has 2 heterocycles. The van der Waals surface area contributed by atoms with E-state index in [0.717, 1.165) is 24.8 Å². The van der Waals surface area contributed by atoms with Crippen molar-refractivity contribution < 1.29 is 9.90 Å². The maximum absolute atomic E-state index is 11.0. The number of fused-ring (bicyclic) bond motifs is 2. The van der Waals surface area contributed by atoms with Gasteiger partial charge in [-0.25, -0.2) is 0 Å². The number of nitrogens with zero attached hydrogens (tertiary/aromatic N) is 1. The standard InChI is InChI=1S/C18H31NO2/c1-2-13-4-3-5-15(7-6-13)19-16-8-9-17(19)11-14(10-16)12-18(20)21/h13-17H,2-12H2,1H3,(H,20,21). The van der Waals surface area contributed by atoms with Gasteiger partial charge in [0.05, 0.1) is 0 Å². The molecular formula is C18H31NO2. The van der Waals surface area contributed by atoms with Crippen LogP contribution >= 0.6 is 0 Å². The fourth-order valence-electron chi connectivity index (χ4n) is 5.40. The van der Waals surface area contributed by atoms with Crippen molar-refractivity contribution in [1.29, 1.82) is 0 Å². The molecule has 2 aliphatic heterocycles. The van der Waals surface area contributed by atoms with Crippen LogP contribution in [0.25, 0.3) is 0 Å². The average molecular weight is 293 g/mol. The molecule has 2 saturated heterocycles. The van der Waals surface area contributed by atoms with Crippen molar-refractivity contribution in [3.8, 4) is 0 Å². The summed E-state index contributed by atoms with van der Waals surface area (Å²) in [7, 11) is 0. The maximum atomic E-state index is 11.0. The van der Waals surface area contributed by atoms with Gasteiger partial charge < -0.3 is 5.11 Å². The fourth-order valence-corrected chi connectivity index (χ4v) is 5.40. The minimum atomic E-state index is -0.604. The van der Waals surface area contributed by atoms with E-state index in [9.17, 15) is 4.79 Å². The largest absolute Gasteiger partial charge is 0.481 e. The smallest absolute Gasteiger partial charge is 0.303 e. The molecule has 0 spiro atoms. The van der Waals surface area contributed by atoms with E-state index in [0.29, 0.717) is 24.4 Å². The first kappa shape index (κ1) is 15.3. The third-order valence-electron chi connectivity index (χ3n) is 6.41. The molecule has 1 saturated carbocycles. The van der Waals surface area contributed by atoms with Crippen LogP contribution < -0.4 is 0 Å². The number of carboxylic acid groups (broad SMARTS) is 1. The molecule has 3 aliphatic rings.